The van der Waals surface area contributed by atoms with Crippen LogP contribution in [0.3, 0.4) is 0 Å². The highest BCUT2D eigenvalue weighted by Gasteiger charge is 2.38. The van der Waals surface area contributed by atoms with Gasteiger partial charge in [-0.15, -0.1) is 0 Å². The summed E-state index contributed by atoms with van der Waals surface area (Å²) in [7, 11) is 0. The molecule has 0 heterocycles. The molecule has 0 radical (unpaired) electrons. The number of benzene rings is 1. The van der Waals surface area contributed by atoms with E-state index in [1.54, 1.807) is 12.1 Å². The van der Waals surface area contributed by atoms with Gasteiger partial charge in [-0.05, 0) is 24.1 Å². The normalized spacial score (nSPS) is 24.4. The van der Waals surface area contributed by atoms with Crippen LogP contribution in [0.2, 0.25) is 5.02 Å². The number of nitrogens with one attached hydrogen (secondary N) is 1. The molecule has 2 nitrogen and oxygen atoms in total. The van der Waals surface area contributed by atoms with Crippen molar-refractivity contribution in [3.8, 4) is 0 Å². The van der Waals surface area contributed by atoms with Crippen LogP contribution in [-0.2, 0) is 4.79 Å². The summed E-state index contributed by atoms with van der Waals surface area (Å²) in [5.74, 6) is -0.159. The Hall–Kier alpha value is -1.09. The van der Waals surface area contributed by atoms with Crippen LogP contribution in [0.15, 0.2) is 18.2 Å². The van der Waals surface area contributed by atoms with Crippen molar-refractivity contribution in [2.45, 2.75) is 18.4 Å². The van der Waals surface area contributed by atoms with E-state index in [2.05, 4.69) is 5.32 Å². The fourth-order valence-electron chi connectivity index (χ4n) is 1.58. The number of carbonyl (C=O) groups is 1. The molecule has 1 amide bonds. The standard InChI is InChI=1S/C10H9ClFNO/c11-8-2-1-6(3-9(8)12)7-4-10(7)13-5-14/h1-3,5,7,10H,4H2,(H,13,14). The van der Waals surface area contributed by atoms with Crippen LogP contribution in [0.25, 0.3) is 0 Å². The van der Waals surface area contributed by atoms with Gasteiger partial charge in [-0.25, -0.2) is 4.39 Å². The first-order valence-corrected chi connectivity index (χ1v) is 4.75. The third kappa shape index (κ3) is 1.73. The van der Waals surface area contributed by atoms with Gasteiger partial charge in [0, 0.05) is 12.0 Å². The van der Waals surface area contributed by atoms with Crippen LogP contribution < -0.4 is 5.32 Å². The fraction of sp³-hybridized carbons (Fsp3) is 0.300. The summed E-state index contributed by atoms with van der Waals surface area (Å²) in [4.78, 5) is 10.1. The van der Waals surface area contributed by atoms with Crippen molar-refractivity contribution in [3.05, 3.63) is 34.6 Å². The second-order valence-electron chi connectivity index (χ2n) is 3.41. The molecule has 4 heteroatoms. The molecular weight excluding hydrogens is 205 g/mol. The Morgan fingerprint density at radius 3 is 3.00 bits per heavy atom. The Labute approximate surface area is 86.1 Å². The first-order valence-electron chi connectivity index (χ1n) is 4.37. The van der Waals surface area contributed by atoms with Crippen LogP contribution in [0.5, 0.6) is 0 Å². The first-order chi connectivity index (χ1) is 6.72. The van der Waals surface area contributed by atoms with Crippen LogP contribution >= 0.6 is 11.6 Å². The predicted molar refractivity (Wildman–Crippen MR) is 51.8 cm³/mol. The van der Waals surface area contributed by atoms with Crippen LogP contribution in [-0.4, -0.2) is 12.5 Å². The van der Waals surface area contributed by atoms with Gasteiger partial charge >= 0.3 is 0 Å². The third-order valence-corrected chi connectivity index (χ3v) is 2.75. The second kappa shape index (κ2) is 3.58. The van der Waals surface area contributed by atoms with Gasteiger partial charge in [0.25, 0.3) is 0 Å². The van der Waals surface area contributed by atoms with E-state index in [1.807, 2.05) is 0 Å². The van der Waals surface area contributed by atoms with Crippen molar-refractivity contribution in [3.63, 3.8) is 0 Å². The van der Waals surface area contributed by atoms with Crippen LogP contribution in [0.1, 0.15) is 17.9 Å². The van der Waals surface area contributed by atoms with E-state index >= 15 is 0 Å². The second-order valence-corrected chi connectivity index (χ2v) is 3.81. The summed E-state index contributed by atoms with van der Waals surface area (Å²) in [6, 6.07) is 4.93. The van der Waals surface area contributed by atoms with E-state index in [0.717, 1.165) is 12.0 Å². The zero-order chi connectivity index (χ0) is 10.1. The Bertz CT molecular complexity index is 369. The Balaban J connectivity index is 2.12. The molecule has 1 saturated carbocycles. The minimum absolute atomic E-state index is 0.134. The maximum Gasteiger partial charge on any atom is 0.207 e. The number of carbonyl (C=O) groups excluding carboxylic acids is 1. The molecule has 1 fully saturated rings. The summed E-state index contributed by atoms with van der Waals surface area (Å²) < 4.78 is 13.1. The summed E-state index contributed by atoms with van der Waals surface area (Å²) in [6.07, 6.45) is 1.55. The molecular formula is C10H9ClFNO. The third-order valence-electron chi connectivity index (χ3n) is 2.44. The topological polar surface area (TPSA) is 29.1 Å². The highest BCUT2D eigenvalue weighted by molar-refractivity contribution is 6.30. The van der Waals surface area contributed by atoms with Crippen molar-refractivity contribution in [1.82, 2.24) is 5.32 Å². The molecule has 0 aliphatic heterocycles. The molecule has 0 aromatic heterocycles. The maximum absolute atomic E-state index is 13.1. The van der Waals surface area contributed by atoms with Gasteiger partial charge in [0.2, 0.25) is 6.41 Å². The quantitative estimate of drug-likeness (QED) is 0.766. The highest BCUT2D eigenvalue weighted by atomic mass is 35.5. The molecule has 2 rings (SSSR count). The van der Waals surface area contributed by atoms with Gasteiger partial charge in [-0.1, -0.05) is 17.7 Å². The molecule has 1 N–H and O–H groups in total. The summed E-state index contributed by atoms with van der Waals surface area (Å²) >= 11 is 5.56. The zero-order valence-corrected chi connectivity index (χ0v) is 8.09. The Kier molecular flexibility index (Phi) is 2.42. The maximum atomic E-state index is 13.1. The zero-order valence-electron chi connectivity index (χ0n) is 7.34. The lowest BCUT2D eigenvalue weighted by Crippen LogP contribution is -2.14. The van der Waals surface area contributed by atoms with Crippen molar-refractivity contribution in [2.75, 3.05) is 0 Å². The smallest absolute Gasteiger partial charge is 0.207 e. The lowest BCUT2D eigenvalue weighted by molar-refractivity contribution is -0.109. The van der Waals surface area contributed by atoms with Crippen molar-refractivity contribution < 1.29 is 9.18 Å². The van der Waals surface area contributed by atoms with E-state index in [9.17, 15) is 9.18 Å². The largest absolute Gasteiger partial charge is 0.355 e. The van der Waals surface area contributed by atoms with Crippen LogP contribution in [0.4, 0.5) is 4.39 Å². The summed E-state index contributed by atoms with van der Waals surface area (Å²) in [5, 5.41) is 2.80. The number of rotatable bonds is 3. The molecule has 1 aliphatic rings. The molecule has 0 saturated heterocycles. The van der Waals surface area contributed by atoms with E-state index in [-0.39, 0.29) is 17.0 Å². The number of halogens is 2. The Morgan fingerprint density at radius 1 is 1.57 bits per heavy atom. The number of hydrogen-bond donors (Lipinski definition) is 1. The van der Waals surface area contributed by atoms with Gasteiger partial charge in [0.05, 0.1) is 5.02 Å². The van der Waals surface area contributed by atoms with Crippen molar-refractivity contribution in [1.29, 1.82) is 0 Å². The highest BCUT2D eigenvalue weighted by Crippen LogP contribution is 2.41. The molecule has 74 valence electrons. The molecule has 2 unspecified atom stereocenters. The minimum Gasteiger partial charge on any atom is -0.355 e. The lowest BCUT2D eigenvalue weighted by Gasteiger charge is -2.01. The molecule has 1 aliphatic carbocycles. The molecule has 1 aromatic rings. The molecule has 0 bridgehead atoms. The minimum atomic E-state index is -0.402. The van der Waals surface area contributed by atoms with Gasteiger partial charge < -0.3 is 5.32 Å². The van der Waals surface area contributed by atoms with Gasteiger partial charge in [0.15, 0.2) is 0 Å². The van der Waals surface area contributed by atoms with E-state index < -0.39 is 5.82 Å². The lowest BCUT2D eigenvalue weighted by atomic mass is 10.1. The number of hydrogen-bond acceptors (Lipinski definition) is 1. The average molecular weight is 214 g/mol. The first kappa shape index (κ1) is 9.46. The van der Waals surface area contributed by atoms with Crippen molar-refractivity contribution >= 4 is 18.0 Å². The van der Waals surface area contributed by atoms with Crippen LogP contribution in [0, 0.1) is 5.82 Å². The van der Waals surface area contributed by atoms with Crippen molar-refractivity contribution in [2.24, 2.45) is 0 Å². The Morgan fingerprint density at radius 2 is 2.36 bits per heavy atom. The van der Waals surface area contributed by atoms with Gasteiger partial charge in [-0.2, -0.15) is 0 Å². The summed E-state index contributed by atoms with van der Waals surface area (Å²) in [6.45, 7) is 0. The van der Waals surface area contributed by atoms with Gasteiger partial charge in [-0.3, -0.25) is 4.79 Å². The van der Waals surface area contributed by atoms with E-state index in [4.69, 9.17) is 11.6 Å². The fourth-order valence-corrected chi connectivity index (χ4v) is 1.70. The molecule has 1 aromatic carbocycles. The number of amides is 1. The monoisotopic (exact) mass is 213 g/mol. The predicted octanol–water partition coefficient (Wildman–Crippen LogP) is 2.08. The average Bonchev–Trinajstić information content (AvgIpc) is 2.90. The van der Waals surface area contributed by atoms with E-state index in [1.165, 1.54) is 6.07 Å². The summed E-state index contributed by atoms with van der Waals surface area (Å²) in [5.41, 5.74) is 0.895. The van der Waals surface area contributed by atoms with E-state index in [0.29, 0.717) is 6.41 Å². The molecule has 14 heavy (non-hydrogen) atoms. The molecule has 2 atom stereocenters. The SMILES string of the molecule is O=CNC1CC1c1ccc(Cl)c(F)c1. The van der Waals surface area contributed by atoms with Gasteiger partial charge in [0.1, 0.15) is 5.82 Å². The molecule has 0 spiro atoms.